The van der Waals surface area contributed by atoms with Crippen LogP contribution in [0.5, 0.6) is 17.2 Å². The Labute approximate surface area is 168 Å². The number of ketones is 1. The Kier molecular flexibility index (Phi) is 4.60. The van der Waals surface area contributed by atoms with Crippen LogP contribution in [0.1, 0.15) is 38.3 Å². The van der Waals surface area contributed by atoms with Crippen molar-refractivity contribution in [2.24, 2.45) is 5.41 Å². The molecule has 154 valence electrons. The monoisotopic (exact) mass is 400 g/mol. The molecule has 29 heavy (non-hydrogen) atoms. The molecule has 0 unspecified atom stereocenters. The molecule has 2 aliphatic rings. The van der Waals surface area contributed by atoms with E-state index in [-0.39, 0.29) is 11.2 Å². The molecule has 0 spiro atoms. The summed E-state index contributed by atoms with van der Waals surface area (Å²) in [5.41, 5.74) is 1.99. The quantitative estimate of drug-likeness (QED) is 0.799. The van der Waals surface area contributed by atoms with Gasteiger partial charge in [0.1, 0.15) is 5.75 Å². The van der Waals surface area contributed by atoms with Gasteiger partial charge in [-0.25, -0.2) is 4.63 Å². The average Bonchev–Trinajstić information content (AvgIpc) is 3.05. The van der Waals surface area contributed by atoms with Gasteiger partial charge in [0.2, 0.25) is 11.6 Å². The Hall–Kier alpha value is -3.23. The minimum Gasteiger partial charge on any atom is -0.496 e. The molecule has 0 saturated heterocycles. The van der Waals surface area contributed by atoms with Crippen LogP contribution in [0, 0.1) is 5.41 Å². The molecule has 0 radical (unpaired) electrons. The van der Waals surface area contributed by atoms with Crippen molar-refractivity contribution in [1.29, 1.82) is 0 Å². The highest BCUT2D eigenvalue weighted by atomic mass is 16.6. The molecule has 1 aromatic heterocycles. The largest absolute Gasteiger partial charge is 0.496 e. The lowest BCUT2D eigenvalue weighted by molar-refractivity contribution is -0.118. The Morgan fingerprint density at radius 2 is 1.66 bits per heavy atom. The highest BCUT2D eigenvalue weighted by Crippen LogP contribution is 2.47. The SMILES string of the molecule is COc1cc(OC)c([C@H]2Nc3nonc3NC3=C2C(=O)CC(C)(C)C3)cc1OC. The lowest BCUT2D eigenvalue weighted by atomic mass is 9.73. The van der Waals surface area contributed by atoms with Crippen LogP contribution in [0.3, 0.4) is 0 Å². The topological polar surface area (TPSA) is 108 Å². The summed E-state index contributed by atoms with van der Waals surface area (Å²) in [5, 5.41) is 14.4. The summed E-state index contributed by atoms with van der Waals surface area (Å²) in [4.78, 5) is 13.2. The zero-order valence-corrected chi connectivity index (χ0v) is 17.1. The molecule has 0 fully saturated rings. The summed E-state index contributed by atoms with van der Waals surface area (Å²) in [6.45, 7) is 4.14. The first kappa shape index (κ1) is 19.1. The van der Waals surface area contributed by atoms with E-state index < -0.39 is 6.04 Å². The van der Waals surface area contributed by atoms with Gasteiger partial charge in [-0.05, 0) is 28.2 Å². The summed E-state index contributed by atoms with van der Waals surface area (Å²) >= 11 is 0. The normalized spacial score (nSPS) is 20.0. The van der Waals surface area contributed by atoms with E-state index in [0.29, 0.717) is 47.3 Å². The number of nitrogens with one attached hydrogen (secondary N) is 2. The highest BCUT2D eigenvalue weighted by Gasteiger charge is 2.40. The van der Waals surface area contributed by atoms with E-state index in [9.17, 15) is 4.79 Å². The van der Waals surface area contributed by atoms with Gasteiger partial charge in [0.25, 0.3) is 0 Å². The molecule has 1 atom stereocenters. The molecular formula is C20H24N4O5. The number of fused-ring (bicyclic) bond motifs is 1. The summed E-state index contributed by atoms with van der Waals surface area (Å²) in [6, 6.07) is 3.03. The fraction of sp³-hybridized carbons (Fsp3) is 0.450. The van der Waals surface area contributed by atoms with Gasteiger partial charge in [-0.1, -0.05) is 13.8 Å². The van der Waals surface area contributed by atoms with Crippen molar-refractivity contribution in [2.45, 2.75) is 32.7 Å². The van der Waals surface area contributed by atoms with Crippen molar-refractivity contribution < 1.29 is 23.6 Å². The van der Waals surface area contributed by atoms with Gasteiger partial charge >= 0.3 is 0 Å². The second-order valence-corrected chi connectivity index (χ2v) is 7.95. The number of nitrogens with zero attached hydrogens (tertiary/aromatic N) is 2. The van der Waals surface area contributed by atoms with Gasteiger partial charge < -0.3 is 24.8 Å². The summed E-state index contributed by atoms with van der Waals surface area (Å²) < 4.78 is 21.4. The van der Waals surface area contributed by atoms with Crippen molar-refractivity contribution in [2.75, 3.05) is 32.0 Å². The van der Waals surface area contributed by atoms with Crippen LogP contribution in [0.25, 0.3) is 0 Å². The predicted octanol–water partition coefficient (Wildman–Crippen LogP) is 3.32. The Morgan fingerprint density at radius 1 is 1.00 bits per heavy atom. The molecule has 9 heteroatoms. The first-order valence-corrected chi connectivity index (χ1v) is 9.29. The molecule has 9 nitrogen and oxygen atoms in total. The van der Waals surface area contributed by atoms with Crippen LogP contribution in [0.4, 0.5) is 11.6 Å². The first-order valence-electron chi connectivity index (χ1n) is 9.29. The highest BCUT2D eigenvalue weighted by molar-refractivity contribution is 6.00. The maximum absolute atomic E-state index is 13.2. The van der Waals surface area contributed by atoms with Crippen molar-refractivity contribution >= 4 is 17.4 Å². The minimum absolute atomic E-state index is 0.0557. The second kappa shape index (κ2) is 6.98. The van der Waals surface area contributed by atoms with E-state index in [2.05, 4.69) is 34.8 Å². The molecule has 0 amide bonds. The molecule has 2 N–H and O–H groups in total. The second-order valence-electron chi connectivity index (χ2n) is 7.95. The number of methoxy groups -OCH3 is 3. The Morgan fingerprint density at radius 3 is 2.34 bits per heavy atom. The van der Waals surface area contributed by atoms with Crippen molar-refractivity contribution in [3.05, 3.63) is 29.0 Å². The van der Waals surface area contributed by atoms with Crippen LogP contribution in [-0.4, -0.2) is 37.4 Å². The third kappa shape index (κ3) is 3.26. The van der Waals surface area contributed by atoms with Crippen LogP contribution >= 0.6 is 0 Å². The molecule has 2 heterocycles. The van der Waals surface area contributed by atoms with Gasteiger partial charge in [-0.3, -0.25) is 4.79 Å². The molecule has 4 rings (SSSR count). The number of rotatable bonds is 4. The first-order chi connectivity index (χ1) is 13.9. The summed E-state index contributed by atoms with van der Waals surface area (Å²) in [5.74, 6) is 2.56. The van der Waals surface area contributed by atoms with Crippen molar-refractivity contribution in [1.82, 2.24) is 10.3 Å². The van der Waals surface area contributed by atoms with E-state index in [1.165, 1.54) is 0 Å². The summed E-state index contributed by atoms with van der Waals surface area (Å²) in [7, 11) is 4.70. The lowest BCUT2D eigenvalue weighted by Gasteiger charge is -2.34. The standard InChI is InChI=1S/C20H24N4O5/c1-20(2)8-11-16(12(25)9-20)17(22-19-18(21-11)23-29-24-19)10-6-14(27-4)15(28-5)7-13(10)26-3/h6-7,17H,8-9H2,1-5H3,(H,21,23)(H,22,24)/t17-/m1/s1. The number of ether oxygens (including phenoxy) is 3. The maximum Gasteiger partial charge on any atom is 0.219 e. The van der Waals surface area contributed by atoms with Crippen LogP contribution in [0.2, 0.25) is 0 Å². The number of carbonyl (C=O) groups excluding carboxylic acids is 1. The van der Waals surface area contributed by atoms with E-state index in [0.717, 1.165) is 11.3 Å². The number of benzene rings is 1. The van der Waals surface area contributed by atoms with Crippen molar-refractivity contribution in [3.8, 4) is 17.2 Å². The fourth-order valence-corrected chi connectivity index (χ4v) is 4.01. The molecular weight excluding hydrogens is 376 g/mol. The van der Waals surface area contributed by atoms with Gasteiger partial charge in [0, 0.05) is 29.3 Å². The third-order valence-corrected chi connectivity index (χ3v) is 5.29. The Bertz CT molecular complexity index is 995. The molecule has 1 aliphatic carbocycles. The molecule has 1 aromatic carbocycles. The number of hydrogen-bond acceptors (Lipinski definition) is 9. The zero-order chi connectivity index (χ0) is 20.8. The van der Waals surface area contributed by atoms with Crippen LogP contribution in [0.15, 0.2) is 28.0 Å². The van der Waals surface area contributed by atoms with Gasteiger partial charge in [-0.2, -0.15) is 0 Å². The molecule has 1 aliphatic heterocycles. The molecule has 0 saturated carbocycles. The fourth-order valence-electron chi connectivity index (χ4n) is 4.01. The van der Waals surface area contributed by atoms with Gasteiger partial charge in [-0.15, -0.1) is 0 Å². The molecule has 2 aromatic rings. The number of aromatic nitrogens is 2. The van der Waals surface area contributed by atoms with Crippen LogP contribution < -0.4 is 24.8 Å². The van der Waals surface area contributed by atoms with E-state index in [4.69, 9.17) is 18.8 Å². The summed E-state index contributed by atoms with van der Waals surface area (Å²) in [6.07, 6.45) is 1.13. The van der Waals surface area contributed by atoms with E-state index >= 15 is 0 Å². The number of allylic oxidation sites excluding steroid dienone is 1. The van der Waals surface area contributed by atoms with E-state index in [1.807, 2.05) is 6.07 Å². The minimum atomic E-state index is -0.524. The van der Waals surface area contributed by atoms with Gasteiger partial charge in [0.15, 0.2) is 17.3 Å². The number of Topliss-reactive ketones (excluding diaryl/α,β-unsaturated/α-hetero) is 1. The number of hydrogen-bond donors (Lipinski definition) is 2. The smallest absolute Gasteiger partial charge is 0.219 e. The number of carbonyl (C=O) groups is 1. The lowest BCUT2D eigenvalue weighted by Crippen LogP contribution is -2.31. The van der Waals surface area contributed by atoms with Gasteiger partial charge in [0.05, 0.1) is 27.4 Å². The maximum atomic E-state index is 13.2. The van der Waals surface area contributed by atoms with Crippen molar-refractivity contribution in [3.63, 3.8) is 0 Å². The molecule has 0 bridgehead atoms. The third-order valence-electron chi connectivity index (χ3n) is 5.29. The average molecular weight is 400 g/mol. The zero-order valence-electron chi connectivity index (χ0n) is 17.1. The predicted molar refractivity (Wildman–Crippen MR) is 105 cm³/mol. The van der Waals surface area contributed by atoms with Crippen LogP contribution in [-0.2, 0) is 4.79 Å². The number of anilines is 2. The van der Waals surface area contributed by atoms with E-state index in [1.54, 1.807) is 27.4 Å². The Balaban J connectivity index is 1.93.